The van der Waals surface area contributed by atoms with E-state index in [0.29, 0.717) is 11.3 Å². The van der Waals surface area contributed by atoms with Gasteiger partial charge in [0.1, 0.15) is 23.2 Å². The molecule has 0 saturated heterocycles. The van der Waals surface area contributed by atoms with Gasteiger partial charge < -0.3 is 26.3 Å². The number of halogens is 2. The minimum atomic E-state index is -0.950. The Bertz CT molecular complexity index is 1300. The number of aromatic hydroxyl groups is 1. The van der Waals surface area contributed by atoms with Crippen LogP contribution >= 0.6 is 23.2 Å². The summed E-state index contributed by atoms with van der Waals surface area (Å²) in [7, 11) is 0. The zero-order chi connectivity index (χ0) is 21.0. The number of ether oxygens (including phenoxy) is 1. The smallest absolute Gasteiger partial charge is 0.256 e. The van der Waals surface area contributed by atoms with Crippen molar-refractivity contribution in [2.75, 3.05) is 11.5 Å². The van der Waals surface area contributed by atoms with Crippen molar-refractivity contribution >= 4 is 34.7 Å². The first-order valence-electron chi connectivity index (χ1n) is 8.31. The first kappa shape index (κ1) is 18.9. The number of hydrogen-bond donors (Lipinski definition) is 4. The van der Waals surface area contributed by atoms with E-state index in [1.165, 1.54) is 12.1 Å². The van der Waals surface area contributed by atoms with Crippen molar-refractivity contribution < 1.29 is 9.84 Å². The van der Waals surface area contributed by atoms with E-state index in [1.54, 1.807) is 13.0 Å². The van der Waals surface area contributed by atoms with Crippen molar-refractivity contribution in [3.63, 3.8) is 0 Å². The molecule has 10 heteroatoms. The van der Waals surface area contributed by atoms with Crippen molar-refractivity contribution in [2.45, 2.75) is 12.8 Å². The molecule has 6 N–H and O–H groups in total. The fraction of sp³-hybridized carbons (Fsp3) is 0.105. The summed E-state index contributed by atoms with van der Waals surface area (Å²) in [5.41, 5.74) is 12.5. The highest BCUT2D eigenvalue weighted by Crippen LogP contribution is 2.53. The fourth-order valence-corrected chi connectivity index (χ4v) is 4.05. The third kappa shape index (κ3) is 2.83. The number of hydrogen-bond acceptors (Lipinski definition) is 7. The Morgan fingerprint density at radius 2 is 2.00 bits per heavy atom. The molecule has 146 valence electrons. The summed E-state index contributed by atoms with van der Waals surface area (Å²) in [6.45, 7) is 1.63. The number of aromatic nitrogens is 2. The molecule has 0 saturated carbocycles. The first-order chi connectivity index (χ1) is 13.7. The molecule has 3 aromatic rings. The van der Waals surface area contributed by atoms with Crippen LogP contribution in [-0.2, 0) is 0 Å². The van der Waals surface area contributed by atoms with Gasteiger partial charge in [-0.05, 0) is 25.1 Å². The van der Waals surface area contributed by atoms with Crippen LogP contribution in [0.2, 0.25) is 10.0 Å². The molecule has 1 aliphatic rings. The highest BCUT2D eigenvalue weighted by Gasteiger charge is 2.38. The molecule has 0 spiro atoms. The van der Waals surface area contributed by atoms with Crippen LogP contribution in [0.4, 0.5) is 11.5 Å². The molecule has 1 aliphatic heterocycles. The number of H-pyrrole nitrogens is 1. The number of aromatic amines is 1. The SMILES string of the molecule is Cc1cc(O)c(C2c3cc(Cl)cc(Cl)c3Oc3nc(N)c(C#N)c(N)c32)c(=O)[nH]1. The molecule has 1 atom stereocenters. The maximum absolute atomic E-state index is 12.8. The minimum Gasteiger partial charge on any atom is -0.507 e. The van der Waals surface area contributed by atoms with Gasteiger partial charge >= 0.3 is 0 Å². The van der Waals surface area contributed by atoms with E-state index in [0.717, 1.165) is 0 Å². The molecule has 0 aliphatic carbocycles. The van der Waals surface area contributed by atoms with Gasteiger partial charge in [0.2, 0.25) is 5.88 Å². The highest BCUT2D eigenvalue weighted by atomic mass is 35.5. The van der Waals surface area contributed by atoms with Gasteiger partial charge in [0.25, 0.3) is 5.56 Å². The second-order valence-electron chi connectivity index (χ2n) is 6.54. The van der Waals surface area contributed by atoms with Crippen molar-refractivity contribution in [3.8, 4) is 23.4 Å². The van der Waals surface area contributed by atoms with E-state index in [9.17, 15) is 15.2 Å². The maximum atomic E-state index is 12.8. The number of rotatable bonds is 1. The Kier molecular flexibility index (Phi) is 4.30. The number of nitriles is 1. The topological polar surface area (TPSA) is 151 Å². The van der Waals surface area contributed by atoms with Gasteiger partial charge in [-0.25, -0.2) is 0 Å². The average Bonchev–Trinajstić information content (AvgIpc) is 2.61. The molecule has 8 nitrogen and oxygen atoms in total. The van der Waals surface area contributed by atoms with Crippen LogP contribution in [0.15, 0.2) is 23.0 Å². The van der Waals surface area contributed by atoms with E-state index in [1.807, 2.05) is 6.07 Å². The molecule has 4 rings (SSSR count). The van der Waals surface area contributed by atoms with Gasteiger partial charge in [-0.1, -0.05) is 23.2 Å². The van der Waals surface area contributed by atoms with Crippen LogP contribution in [0, 0.1) is 18.3 Å². The summed E-state index contributed by atoms with van der Waals surface area (Å²) in [6, 6.07) is 6.33. The van der Waals surface area contributed by atoms with Gasteiger partial charge in [0.15, 0.2) is 5.75 Å². The number of nitrogen functional groups attached to an aromatic ring is 2. The van der Waals surface area contributed by atoms with E-state index >= 15 is 0 Å². The second kappa shape index (κ2) is 6.58. The molecule has 29 heavy (non-hydrogen) atoms. The summed E-state index contributed by atoms with van der Waals surface area (Å²) in [5, 5.41) is 20.5. The molecule has 0 bridgehead atoms. The Morgan fingerprint density at radius 1 is 1.28 bits per heavy atom. The first-order valence-corrected chi connectivity index (χ1v) is 9.07. The van der Waals surface area contributed by atoms with Gasteiger partial charge in [0, 0.05) is 16.3 Å². The fourth-order valence-electron chi connectivity index (χ4n) is 3.50. The number of pyridine rings is 2. The normalized spacial score (nSPS) is 14.5. The molecule has 0 amide bonds. The molecular formula is C19H13Cl2N5O3. The average molecular weight is 430 g/mol. The molecule has 0 fully saturated rings. The molecule has 1 unspecified atom stereocenters. The number of aryl methyl sites for hydroxylation is 1. The van der Waals surface area contributed by atoms with E-state index in [-0.39, 0.29) is 55.6 Å². The zero-order valence-electron chi connectivity index (χ0n) is 14.9. The van der Waals surface area contributed by atoms with E-state index < -0.39 is 11.5 Å². The third-order valence-electron chi connectivity index (χ3n) is 4.69. The monoisotopic (exact) mass is 429 g/mol. The lowest BCUT2D eigenvalue weighted by Crippen LogP contribution is -2.24. The quantitative estimate of drug-likeness (QED) is 0.361. The summed E-state index contributed by atoms with van der Waals surface area (Å²) in [5.74, 6) is -1.16. The number of benzene rings is 1. The lowest BCUT2D eigenvalue weighted by Gasteiger charge is -2.30. The van der Waals surface area contributed by atoms with Crippen LogP contribution in [0.25, 0.3) is 0 Å². The Balaban J connectivity index is 2.16. The molecule has 3 heterocycles. The van der Waals surface area contributed by atoms with Crippen molar-refractivity contribution in [1.82, 2.24) is 9.97 Å². The lowest BCUT2D eigenvalue weighted by molar-refractivity contribution is 0.428. The van der Waals surface area contributed by atoms with E-state index in [4.69, 9.17) is 39.4 Å². The number of anilines is 2. The van der Waals surface area contributed by atoms with Gasteiger partial charge in [-0.2, -0.15) is 10.2 Å². The van der Waals surface area contributed by atoms with Crippen LogP contribution < -0.4 is 21.8 Å². The minimum absolute atomic E-state index is 0.0121. The van der Waals surface area contributed by atoms with Crippen LogP contribution in [-0.4, -0.2) is 15.1 Å². The van der Waals surface area contributed by atoms with Crippen molar-refractivity contribution in [1.29, 1.82) is 5.26 Å². The highest BCUT2D eigenvalue weighted by molar-refractivity contribution is 6.35. The molecular weight excluding hydrogens is 417 g/mol. The number of nitrogens with one attached hydrogen (secondary N) is 1. The van der Waals surface area contributed by atoms with Crippen molar-refractivity contribution in [3.05, 3.63) is 66.5 Å². The number of nitrogens with two attached hydrogens (primary N) is 2. The second-order valence-corrected chi connectivity index (χ2v) is 7.38. The third-order valence-corrected chi connectivity index (χ3v) is 5.19. The lowest BCUT2D eigenvalue weighted by atomic mass is 9.82. The Labute approximate surface area is 174 Å². The van der Waals surface area contributed by atoms with Crippen molar-refractivity contribution in [2.24, 2.45) is 0 Å². The number of fused-ring (bicyclic) bond motifs is 2. The van der Waals surface area contributed by atoms with Crippen LogP contribution in [0.3, 0.4) is 0 Å². The molecule has 2 aromatic heterocycles. The van der Waals surface area contributed by atoms with Gasteiger partial charge in [-0.3, -0.25) is 4.79 Å². The Hall–Kier alpha value is -3.41. The molecule has 0 radical (unpaired) electrons. The van der Waals surface area contributed by atoms with Crippen LogP contribution in [0.5, 0.6) is 17.4 Å². The summed E-state index contributed by atoms with van der Waals surface area (Å²) in [6.07, 6.45) is 0. The van der Waals surface area contributed by atoms with E-state index in [2.05, 4.69) is 9.97 Å². The Morgan fingerprint density at radius 3 is 2.66 bits per heavy atom. The van der Waals surface area contributed by atoms with Gasteiger partial charge in [0.05, 0.1) is 27.8 Å². The summed E-state index contributed by atoms with van der Waals surface area (Å²) >= 11 is 12.5. The number of nitrogens with zero attached hydrogens (tertiary/aromatic N) is 2. The maximum Gasteiger partial charge on any atom is 0.256 e. The summed E-state index contributed by atoms with van der Waals surface area (Å²) in [4.78, 5) is 19.6. The largest absolute Gasteiger partial charge is 0.507 e. The predicted molar refractivity (Wildman–Crippen MR) is 109 cm³/mol. The van der Waals surface area contributed by atoms with Gasteiger partial charge in [-0.15, -0.1) is 0 Å². The standard InChI is InChI=1S/C19H13Cl2N5O3/c1-6-2-11(27)13(18(28)25-6)12-8-3-7(20)4-10(21)16(8)29-19-14(12)15(23)9(5-22)17(24)26-19/h2-4,12H,1H3,(H4,23,24,26)(H2,25,27,28). The predicted octanol–water partition coefficient (Wildman–Crippen LogP) is 3.41. The molecule has 1 aromatic carbocycles. The van der Waals surface area contributed by atoms with Crippen LogP contribution in [0.1, 0.15) is 33.9 Å². The zero-order valence-corrected chi connectivity index (χ0v) is 16.4. The summed E-state index contributed by atoms with van der Waals surface area (Å²) < 4.78 is 5.81.